The van der Waals surface area contributed by atoms with E-state index in [9.17, 15) is 12.8 Å². The topological polar surface area (TPSA) is 78.0 Å². The summed E-state index contributed by atoms with van der Waals surface area (Å²) in [6, 6.07) is 10.6. The Kier molecular flexibility index (Phi) is 5.67. The second-order valence-electron chi connectivity index (χ2n) is 6.68. The van der Waals surface area contributed by atoms with Crippen molar-refractivity contribution < 1.29 is 12.8 Å². The van der Waals surface area contributed by atoms with E-state index in [0.29, 0.717) is 0 Å². The average Bonchev–Trinajstić information content (AvgIpc) is 2.93. The van der Waals surface area contributed by atoms with Crippen molar-refractivity contribution in [2.75, 3.05) is 12.3 Å². The number of allylic oxidation sites excluding steroid dienone is 1. The van der Waals surface area contributed by atoms with Gasteiger partial charge in [-0.2, -0.15) is 0 Å². The molecule has 2 heterocycles. The molecule has 0 amide bonds. The minimum atomic E-state index is -3.33. The van der Waals surface area contributed by atoms with E-state index in [-0.39, 0.29) is 29.6 Å². The Balaban J connectivity index is 2.27. The number of aryl methyl sites for hydroxylation is 1. The van der Waals surface area contributed by atoms with Crippen LogP contribution >= 0.6 is 0 Å². The molecule has 0 aliphatic heterocycles. The van der Waals surface area contributed by atoms with Crippen molar-refractivity contribution in [2.24, 2.45) is 5.73 Å². The van der Waals surface area contributed by atoms with Gasteiger partial charge < -0.3 is 10.3 Å². The van der Waals surface area contributed by atoms with Gasteiger partial charge in [-0.25, -0.2) is 12.8 Å². The van der Waals surface area contributed by atoms with Gasteiger partial charge in [-0.05, 0) is 49.8 Å². The van der Waals surface area contributed by atoms with Gasteiger partial charge in [0.1, 0.15) is 5.83 Å². The molecule has 0 radical (unpaired) electrons. The van der Waals surface area contributed by atoms with Gasteiger partial charge in [0.15, 0.2) is 9.84 Å². The zero-order valence-corrected chi connectivity index (χ0v) is 17.1. The minimum Gasteiger partial charge on any atom is -0.336 e. The lowest BCUT2D eigenvalue weighted by Gasteiger charge is -2.08. The van der Waals surface area contributed by atoms with Gasteiger partial charge in [0.2, 0.25) is 0 Å². The van der Waals surface area contributed by atoms with E-state index in [1.165, 1.54) is 6.08 Å². The van der Waals surface area contributed by atoms with Crippen LogP contribution in [-0.2, 0) is 16.4 Å². The van der Waals surface area contributed by atoms with Gasteiger partial charge in [-0.3, -0.25) is 4.98 Å². The normalized spacial score (nSPS) is 12.7. The summed E-state index contributed by atoms with van der Waals surface area (Å²) in [6.45, 7) is 5.59. The number of nitrogens with two attached hydrogens (primary N) is 1. The van der Waals surface area contributed by atoms with Gasteiger partial charge >= 0.3 is 0 Å². The zero-order chi connectivity index (χ0) is 20.5. The number of nitrogens with zero attached hydrogens (tertiary/aromatic N) is 2. The number of halogens is 1. The van der Waals surface area contributed by atoms with Crippen molar-refractivity contribution in [3.05, 3.63) is 59.7 Å². The summed E-state index contributed by atoms with van der Waals surface area (Å²) in [5.74, 6) is -0.291. The molecule has 0 aliphatic carbocycles. The highest BCUT2D eigenvalue weighted by molar-refractivity contribution is 7.91. The zero-order valence-electron chi connectivity index (χ0n) is 16.2. The summed E-state index contributed by atoms with van der Waals surface area (Å²) in [4.78, 5) is 4.93. The molecule has 148 valence electrons. The second-order valence-corrected chi connectivity index (χ2v) is 8.96. The molecule has 3 rings (SSSR count). The largest absolute Gasteiger partial charge is 0.336 e. The van der Waals surface area contributed by atoms with Gasteiger partial charge in [-0.15, -0.1) is 0 Å². The maximum atomic E-state index is 14.2. The lowest BCUT2D eigenvalue weighted by Crippen LogP contribution is -2.04. The first-order chi connectivity index (χ1) is 13.3. The minimum absolute atomic E-state index is 0.0314. The fourth-order valence-corrected chi connectivity index (χ4v) is 4.27. The Morgan fingerprint density at radius 3 is 2.68 bits per heavy atom. The Bertz CT molecular complexity index is 1160. The average molecular weight is 402 g/mol. The standard InChI is InChI=1S/C21H24FN3O2S/c1-4-28(26,27)18-7-5-6-16(12-18)20-15(3)25(13-17(22)10-11-23)19-9-8-14(2)24-21(19)20/h5-10,12H,4,11,13,23H2,1-3H3/b17-10-. The van der Waals surface area contributed by atoms with E-state index in [1.54, 1.807) is 25.1 Å². The molecule has 0 unspecified atom stereocenters. The van der Waals surface area contributed by atoms with E-state index >= 15 is 0 Å². The first-order valence-corrected chi connectivity index (χ1v) is 10.8. The Labute approximate surface area is 164 Å². The monoisotopic (exact) mass is 401 g/mol. The van der Waals surface area contributed by atoms with E-state index in [2.05, 4.69) is 4.98 Å². The van der Waals surface area contributed by atoms with Gasteiger partial charge in [-0.1, -0.05) is 19.1 Å². The number of fused-ring (bicyclic) bond motifs is 1. The summed E-state index contributed by atoms with van der Waals surface area (Å²) in [5, 5.41) is 0. The van der Waals surface area contributed by atoms with Crippen LogP contribution < -0.4 is 5.73 Å². The molecule has 0 atom stereocenters. The highest BCUT2D eigenvalue weighted by Crippen LogP contribution is 2.35. The van der Waals surface area contributed by atoms with Crippen molar-refractivity contribution in [2.45, 2.75) is 32.2 Å². The molecule has 28 heavy (non-hydrogen) atoms. The molecule has 0 aliphatic rings. The SMILES string of the molecule is CCS(=O)(=O)c1cccc(-c2c(C)n(C/C(F)=C/CN)c3ccc(C)nc23)c1. The van der Waals surface area contributed by atoms with Crippen molar-refractivity contribution in [3.63, 3.8) is 0 Å². The van der Waals surface area contributed by atoms with E-state index in [4.69, 9.17) is 5.73 Å². The van der Waals surface area contributed by atoms with Crippen molar-refractivity contribution >= 4 is 20.9 Å². The molecule has 3 aromatic rings. The van der Waals surface area contributed by atoms with Crippen LogP contribution in [0.15, 0.2) is 53.2 Å². The second kappa shape index (κ2) is 7.85. The number of sulfone groups is 1. The molecule has 1 aromatic carbocycles. The molecular weight excluding hydrogens is 377 g/mol. The predicted octanol–water partition coefficient (Wildman–Crippen LogP) is 3.93. The molecule has 5 nitrogen and oxygen atoms in total. The Hall–Kier alpha value is -2.51. The first kappa shape index (κ1) is 20.2. The predicted molar refractivity (Wildman–Crippen MR) is 111 cm³/mol. The third kappa shape index (κ3) is 3.72. The van der Waals surface area contributed by atoms with E-state index in [0.717, 1.165) is 33.5 Å². The van der Waals surface area contributed by atoms with E-state index < -0.39 is 9.84 Å². The number of hydrogen-bond donors (Lipinski definition) is 1. The fourth-order valence-electron chi connectivity index (χ4n) is 3.34. The summed E-state index contributed by atoms with van der Waals surface area (Å²) in [5.41, 5.74) is 10.2. The Morgan fingerprint density at radius 2 is 2.00 bits per heavy atom. The molecule has 0 spiro atoms. The number of hydrogen-bond acceptors (Lipinski definition) is 4. The lowest BCUT2D eigenvalue weighted by atomic mass is 10.1. The lowest BCUT2D eigenvalue weighted by molar-refractivity contribution is 0.555. The highest BCUT2D eigenvalue weighted by atomic mass is 32.2. The molecule has 0 saturated heterocycles. The van der Waals surface area contributed by atoms with Crippen LogP contribution in [0.4, 0.5) is 4.39 Å². The number of pyridine rings is 1. The quantitative estimate of drug-likeness (QED) is 0.679. The Morgan fingerprint density at radius 1 is 1.25 bits per heavy atom. The number of benzene rings is 1. The molecule has 7 heteroatoms. The van der Waals surface area contributed by atoms with Crippen LogP contribution in [0.25, 0.3) is 22.2 Å². The van der Waals surface area contributed by atoms with Crippen LogP contribution in [0.2, 0.25) is 0 Å². The highest BCUT2D eigenvalue weighted by Gasteiger charge is 2.20. The molecule has 0 fully saturated rings. The van der Waals surface area contributed by atoms with Crippen molar-refractivity contribution in [1.29, 1.82) is 0 Å². The summed E-state index contributed by atoms with van der Waals surface area (Å²) in [7, 11) is -3.33. The third-order valence-electron chi connectivity index (χ3n) is 4.82. The smallest absolute Gasteiger partial charge is 0.178 e. The van der Waals surface area contributed by atoms with Crippen LogP contribution in [-0.4, -0.2) is 30.3 Å². The summed E-state index contributed by atoms with van der Waals surface area (Å²) >= 11 is 0. The molecule has 0 bridgehead atoms. The van der Waals surface area contributed by atoms with Crippen LogP contribution in [0, 0.1) is 13.8 Å². The molecular formula is C21H24FN3O2S. The van der Waals surface area contributed by atoms with Crippen LogP contribution in [0.3, 0.4) is 0 Å². The molecule has 2 aromatic heterocycles. The number of aromatic nitrogens is 2. The maximum absolute atomic E-state index is 14.2. The molecule has 2 N–H and O–H groups in total. The number of rotatable bonds is 6. The third-order valence-corrected chi connectivity index (χ3v) is 6.55. The van der Waals surface area contributed by atoms with Gasteiger partial charge in [0, 0.05) is 23.5 Å². The van der Waals surface area contributed by atoms with Crippen molar-refractivity contribution in [1.82, 2.24) is 9.55 Å². The fraction of sp³-hybridized carbons (Fsp3) is 0.286. The first-order valence-electron chi connectivity index (χ1n) is 9.12. The summed E-state index contributed by atoms with van der Waals surface area (Å²) < 4.78 is 40.7. The van der Waals surface area contributed by atoms with Crippen LogP contribution in [0.5, 0.6) is 0 Å². The van der Waals surface area contributed by atoms with E-state index in [1.807, 2.05) is 36.6 Å². The molecule has 0 saturated carbocycles. The van der Waals surface area contributed by atoms with Crippen LogP contribution in [0.1, 0.15) is 18.3 Å². The van der Waals surface area contributed by atoms with Crippen molar-refractivity contribution in [3.8, 4) is 11.1 Å². The summed E-state index contributed by atoms with van der Waals surface area (Å²) in [6.07, 6.45) is 1.35. The van der Waals surface area contributed by atoms with Gasteiger partial charge in [0.25, 0.3) is 0 Å². The van der Waals surface area contributed by atoms with Gasteiger partial charge in [0.05, 0.1) is 28.2 Å². The maximum Gasteiger partial charge on any atom is 0.178 e.